The van der Waals surface area contributed by atoms with Gasteiger partial charge in [-0.3, -0.25) is 0 Å². The Kier molecular flexibility index (Phi) is 5.55. The second kappa shape index (κ2) is 6.67. The minimum absolute atomic E-state index is 0.600. The summed E-state index contributed by atoms with van der Waals surface area (Å²) in [5, 5.41) is 1.01. The zero-order chi connectivity index (χ0) is 10.5. The van der Waals surface area contributed by atoms with Crippen molar-refractivity contribution in [3.63, 3.8) is 0 Å². The van der Waals surface area contributed by atoms with Crippen molar-refractivity contribution < 1.29 is 4.74 Å². The molecule has 1 nitrogen and oxygen atoms in total. The van der Waals surface area contributed by atoms with Gasteiger partial charge in [-0.2, -0.15) is 35.3 Å². The lowest BCUT2D eigenvalue weighted by molar-refractivity contribution is 0.426. The molecule has 0 aliphatic carbocycles. The van der Waals surface area contributed by atoms with Crippen LogP contribution < -0.4 is 0 Å². The van der Waals surface area contributed by atoms with Crippen molar-refractivity contribution in [2.75, 3.05) is 35.4 Å². The van der Waals surface area contributed by atoms with Crippen LogP contribution in [0.4, 0.5) is 0 Å². The van der Waals surface area contributed by atoms with Crippen LogP contribution in [0, 0.1) is 5.92 Å². The molecule has 3 atom stereocenters. The van der Waals surface area contributed by atoms with E-state index in [9.17, 15) is 0 Å². The van der Waals surface area contributed by atoms with E-state index in [1.165, 1.54) is 35.2 Å². The summed E-state index contributed by atoms with van der Waals surface area (Å²) in [7, 11) is 0. The third-order valence-electron chi connectivity index (χ3n) is 2.57. The normalized spacial score (nSPS) is 30.2. The van der Waals surface area contributed by atoms with Gasteiger partial charge in [0, 0.05) is 22.5 Å². The molecule has 2 aliphatic heterocycles. The zero-order valence-electron chi connectivity index (χ0n) is 9.31. The predicted octanol–water partition coefficient (Wildman–Crippen LogP) is 2.99. The van der Waals surface area contributed by atoms with E-state index in [2.05, 4.69) is 42.2 Å². The van der Waals surface area contributed by atoms with Gasteiger partial charge in [-0.25, -0.2) is 0 Å². The number of ether oxygens (including phenoxy) is 1. The number of hydrogen-bond donors (Lipinski definition) is 0. The Balaban J connectivity index is 1.35. The molecule has 2 saturated heterocycles. The highest BCUT2D eigenvalue weighted by Gasteiger charge is 2.22. The van der Waals surface area contributed by atoms with Crippen molar-refractivity contribution in [3.05, 3.63) is 0 Å². The molecule has 0 radical (unpaired) electrons. The van der Waals surface area contributed by atoms with Crippen molar-refractivity contribution in [1.82, 2.24) is 0 Å². The van der Waals surface area contributed by atoms with Gasteiger partial charge in [-0.1, -0.05) is 6.92 Å². The van der Waals surface area contributed by atoms with Gasteiger partial charge in [-0.05, 0) is 23.8 Å². The van der Waals surface area contributed by atoms with Crippen molar-refractivity contribution >= 4 is 35.3 Å². The molecule has 4 heteroatoms. The van der Waals surface area contributed by atoms with Gasteiger partial charge < -0.3 is 4.74 Å². The molecule has 0 saturated carbocycles. The first-order valence-corrected chi connectivity index (χ1v) is 9.09. The molecule has 0 aromatic carbocycles. The van der Waals surface area contributed by atoms with Gasteiger partial charge in [0.25, 0.3) is 0 Å². The molecule has 88 valence electrons. The van der Waals surface area contributed by atoms with E-state index in [-0.39, 0.29) is 0 Å². The van der Waals surface area contributed by atoms with Crippen LogP contribution in [-0.4, -0.2) is 46.7 Å². The lowest BCUT2D eigenvalue weighted by Gasteiger charge is -2.09. The summed E-state index contributed by atoms with van der Waals surface area (Å²) >= 11 is 6.33. The van der Waals surface area contributed by atoms with Crippen molar-refractivity contribution in [2.45, 2.75) is 24.7 Å². The predicted molar refractivity (Wildman–Crippen MR) is 74.4 cm³/mol. The topological polar surface area (TPSA) is 12.5 Å². The first-order valence-electron chi connectivity index (χ1n) is 5.73. The Hall–Kier alpha value is 1.01. The maximum absolute atomic E-state index is 5.19. The van der Waals surface area contributed by atoms with E-state index in [4.69, 9.17) is 4.74 Å². The second-order valence-electron chi connectivity index (χ2n) is 4.42. The molecule has 0 bridgehead atoms. The maximum atomic E-state index is 5.19. The number of rotatable bonds is 9. The Morgan fingerprint density at radius 3 is 2.87 bits per heavy atom. The smallest absolute Gasteiger partial charge is 0.0900 e. The molecule has 2 heterocycles. The molecule has 3 unspecified atom stereocenters. The lowest BCUT2D eigenvalue weighted by atomic mass is 10.2. The highest BCUT2D eigenvalue weighted by atomic mass is 32.2. The van der Waals surface area contributed by atoms with Gasteiger partial charge in [-0.15, -0.1) is 0 Å². The summed E-state index contributed by atoms with van der Waals surface area (Å²) in [5.41, 5.74) is 0. The van der Waals surface area contributed by atoms with Crippen LogP contribution in [0.15, 0.2) is 0 Å². The first-order chi connectivity index (χ1) is 7.34. The van der Waals surface area contributed by atoms with Crippen LogP contribution in [-0.2, 0) is 4.74 Å². The SMILES string of the molecule is CC(CCSCC1CS1)CSCC1CO1. The summed E-state index contributed by atoms with van der Waals surface area (Å²) in [6.45, 7) is 3.39. The molecule has 0 amide bonds. The van der Waals surface area contributed by atoms with Crippen LogP contribution in [0.2, 0.25) is 0 Å². The van der Waals surface area contributed by atoms with Crippen LogP contribution >= 0.6 is 35.3 Å². The lowest BCUT2D eigenvalue weighted by Crippen LogP contribution is -2.03. The van der Waals surface area contributed by atoms with Gasteiger partial charge in [0.15, 0.2) is 0 Å². The third kappa shape index (κ3) is 6.35. The number of epoxide rings is 1. The Morgan fingerprint density at radius 1 is 1.40 bits per heavy atom. The highest BCUT2D eigenvalue weighted by molar-refractivity contribution is 8.08. The monoisotopic (exact) mass is 264 g/mol. The fourth-order valence-corrected chi connectivity index (χ4v) is 4.67. The third-order valence-corrected chi connectivity index (χ3v) is 6.33. The van der Waals surface area contributed by atoms with E-state index in [0.717, 1.165) is 17.8 Å². The summed E-state index contributed by atoms with van der Waals surface area (Å²) in [6, 6.07) is 0. The molecule has 0 aromatic heterocycles. The molecule has 0 spiro atoms. The fraction of sp³-hybridized carbons (Fsp3) is 1.00. The van der Waals surface area contributed by atoms with Crippen molar-refractivity contribution in [3.8, 4) is 0 Å². The van der Waals surface area contributed by atoms with E-state index in [1.807, 2.05) is 0 Å². The molecule has 2 fully saturated rings. The van der Waals surface area contributed by atoms with Crippen LogP contribution in [0.3, 0.4) is 0 Å². The molecule has 0 N–H and O–H groups in total. The summed E-state index contributed by atoms with van der Waals surface area (Å²) in [6.07, 6.45) is 1.99. The summed E-state index contributed by atoms with van der Waals surface area (Å²) in [5.74, 6) is 7.58. The minimum atomic E-state index is 0.600. The fourth-order valence-electron chi connectivity index (χ4n) is 1.31. The molecule has 15 heavy (non-hydrogen) atoms. The molecule has 2 rings (SSSR count). The highest BCUT2D eigenvalue weighted by Crippen LogP contribution is 2.33. The van der Waals surface area contributed by atoms with Gasteiger partial charge in [0.2, 0.25) is 0 Å². The van der Waals surface area contributed by atoms with Gasteiger partial charge in [0.05, 0.1) is 12.7 Å². The van der Waals surface area contributed by atoms with Crippen LogP contribution in [0.1, 0.15) is 13.3 Å². The van der Waals surface area contributed by atoms with E-state index < -0.39 is 0 Å². The molecular weight excluding hydrogens is 244 g/mol. The number of hydrogen-bond acceptors (Lipinski definition) is 4. The van der Waals surface area contributed by atoms with E-state index >= 15 is 0 Å². The Labute approximate surface area is 106 Å². The standard InChI is InChI=1S/C11H20OS3/c1-9(5-14-6-10-4-12-10)2-3-13-7-11-8-15-11/h9-11H,2-8H2,1H3. The summed E-state index contributed by atoms with van der Waals surface area (Å²) in [4.78, 5) is 0. The minimum Gasteiger partial charge on any atom is -0.372 e. The number of thioether (sulfide) groups is 3. The Bertz CT molecular complexity index is 181. The molecular formula is C11H20OS3. The molecule has 2 aliphatic rings. The van der Waals surface area contributed by atoms with Crippen molar-refractivity contribution in [2.24, 2.45) is 5.92 Å². The average Bonchev–Trinajstić information content (AvgIpc) is 3.06. The quantitative estimate of drug-likeness (QED) is 0.469. The Morgan fingerprint density at radius 2 is 2.20 bits per heavy atom. The van der Waals surface area contributed by atoms with E-state index in [0.29, 0.717) is 6.10 Å². The van der Waals surface area contributed by atoms with Crippen LogP contribution in [0.5, 0.6) is 0 Å². The van der Waals surface area contributed by atoms with Crippen LogP contribution in [0.25, 0.3) is 0 Å². The largest absolute Gasteiger partial charge is 0.372 e. The van der Waals surface area contributed by atoms with Crippen molar-refractivity contribution in [1.29, 1.82) is 0 Å². The van der Waals surface area contributed by atoms with Gasteiger partial charge >= 0.3 is 0 Å². The maximum Gasteiger partial charge on any atom is 0.0900 e. The zero-order valence-corrected chi connectivity index (χ0v) is 11.8. The average molecular weight is 264 g/mol. The van der Waals surface area contributed by atoms with E-state index in [1.54, 1.807) is 0 Å². The second-order valence-corrected chi connectivity index (χ2v) is 7.97. The summed E-state index contributed by atoms with van der Waals surface area (Å²) < 4.78 is 5.19. The van der Waals surface area contributed by atoms with Gasteiger partial charge in [0.1, 0.15) is 0 Å². The molecule has 0 aromatic rings. The first kappa shape index (κ1) is 12.5.